The van der Waals surface area contributed by atoms with E-state index in [1.54, 1.807) is 17.4 Å². The van der Waals surface area contributed by atoms with Crippen molar-refractivity contribution < 1.29 is 14.4 Å². The first kappa shape index (κ1) is 14.5. The molecule has 0 aliphatic heterocycles. The molecule has 0 bridgehead atoms. The lowest BCUT2D eigenvalue weighted by molar-refractivity contribution is 0.425. The molecule has 106 valence electrons. The van der Waals surface area contributed by atoms with Gasteiger partial charge in [0.25, 0.3) is 0 Å². The van der Waals surface area contributed by atoms with Crippen molar-refractivity contribution >= 4 is 45.9 Å². The Morgan fingerprint density at radius 1 is 1.19 bits per heavy atom. The Kier molecular flexibility index (Phi) is 4.25. The van der Waals surface area contributed by atoms with Gasteiger partial charge in [-0.15, -0.1) is 11.3 Å². The highest BCUT2D eigenvalue weighted by molar-refractivity contribution is 8.00. The molecule has 0 unspecified atom stereocenters. The third-order valence-electron chi connectivity index (χ3n) is 2.91. The summed E-state index contributed by atoms with van der Waals surface area (Å²) >= 11 is 3.10. The molecule has 0 spiro atoms. The van der Waals surface area contributed by atoms with E-state index in [0.29, 0.717) is 11.3 Å². The molecule has 2 aromatic carbocycles. The Hall–Kier alpha value is -1.41. The standard InChI is InChI=1S/C14H11BFNO2S2/c16-11-6-9(5-10(7-11)15(18)19)8-20-14-17-12-3-1-2-4-13(12)21-14/h1-7,18-19H,8H2. The summed E-state index contributed by atoms with van der Waals surface area (Å²) in [6.45, 7) is 0. The Bertz CT molecular complexity index is 746. The van der Waals surface area contributed by atoms with Crippen LogP contribution in [-0.4, -0.2) is 22.2 Å². The quantitative estimate of drug-likeness (QED) is 0.573. The minimum atomic E-state index is -1.66. The first-order valence-corrected chi connectivity index (χ1v) is 8.06. The molecule has 0 aliphatic rings. The molecule has 0 fully saturated rings. The molecule has 0 amide bonds. The predicted octanol–water partition coefficient (Wildman–Crippen LogP) is 2.41. The molecular weight excluding hydrogens is 308 g/mol. The number of halogens is 1. The SMILES string of the molecule is OB(O)c1cc(F)cc(CSc2nc3ccccc3s2)c1. The van der Waals surface area contributed by atoms with Crippen LogP contribution in [0.2, 0.25) is 0 Å². The second-order valence-corrected chi connectivity index (χ2v) is 6.76. The number of thiazole rings is 1. The van der Waals surface area contributed by atoms with Crippen molar-refractivity contribution in [1.82, 2.24) is 4.98 Å². The van der Waals surface area contributed by atoms with Gasteiger partial charge in [-0.05, 0) is 35.3 Å². The van der Waals surface area contributed by atoms with Crippen molar-refractivity contribution in [1.29, 1.82) is 0 Å². The van der Waals surface area contributed by atoms with E-state index in [0.717, 1.165) is 20.6 Å². The zero-order valence-electron chi connectivity index (χ0n) is 10.9. The average Bonchev–Trinajstić information content (AvgIpc) is 2.87. The van der Waals surface area contributed by atoms with E-state index in [9.17, 15) is 4.39 Å². The smallest absolute Gasteiger partial charge is 0.423 e. The number of fused-ring (bicyclic) bond motifs is 1. The molecule has 0 saturated carbocycles. The Labute approximate surface area is 129 Å². The number of thioether (sulfide) groups is 1. The maximum absolute atomic E-state index is 13.4. The van der Waals surface area contributed by atoms with E-state index in [-0.39, 0.29) is 5.46 Å². The summed E-state index contributed by atoms with van der Waals surface area (Å²) in [6.07, 6.45) is 0. The number of hydrogen-bond donors (Lipinski definition) is 2. The van der Waals surface area contributed by atoms with Crippen LogP contribution < -0.4 is 5.46 Å². The van der Waals surface area contributed by atoms with E-state index in [4.69, 9.17) is 10.0 Å². The molecule has 0 atom stereocenters. The monoisotopic (exact) mass is 319 g/mol. The molecule has 3 aromatic rings. The Morgan fingerprint density at radius 2 is 2.00 bits per heavy atom. The fourth-order valence-electron chi connectivity index (χ4n) is 1.97. The first-order valence-electron chi connectivity index (χ1n) is 6.26. The summed E-state index contributed by atoms with van der Waals surface area (Å²) in [5.41, 5.74) is 1.81. The minimum absolute atomic E-state index is 0.162. The highest BCUT2D eigenvalue weighted by atomic mass is 32.2. The molecule has 21 heavy (non-hydrogen) atoms. The average molecular weight is 319 g/mol. The largest absolute Gasteiger partial charge is 0.488 e. The van der Waals surface area contributed by atoms with Gasteiger partial charge in [-0.1, -0.05) is 30.0 Å². The molecule has 1 heterocycles. The molecule has 1 aromatic heterocycles. The number of benzene rings is 2. The van der Waals surface area contributed by atoms with Gasteiger partial charge in [-0.25, -0.2) is 9.37 Å². The number of hydrogen-bond acceptors (Lipinski definition) is 5. The van der Waals surface area contributed by atoms with Gasteiger partial charge in [0.15, 0.2) is 4.34 Å². The highest BCUT2D eigenvalue weighted by Crippen LogP contribution is 2.31. The van der Waals surface area contributed by atoms with Gasteiger partial charge in [-0.2, -0.15) is 0 Å². The van der Waals surface area contributed by atoms with Gasteiger partial charge in [-0.3, -0.25) is 0 Å². The van der Waals surface area contributed by atoms with E-state index < -0.39 is 12.9 Å². The van der Waals surface area contributed by atoms with Crippen molar-refractivity contribution in [2.75, 3.05) is 0 Å². The molecule has 0 aliphatic carbocycles. The second-order valence-electron chi connectivity index (χ2n) is 4.50. The van der Waals surface area contributed by atoms with Gasteiger partial charge in [0.1, 0.15) is 5.82 Å². The number of rotatable bonds is 4. The Balaban J connectivity index is 1.78. The zero-order chi connectivity index (χ0) is 14.8. The third kappa shape index (κ3) is 3.44. The Morgan fingerprint density at radius 3 is 2.76 bits per heavy atom. The lowest BCUT2D eigenvalue weighted by Gasteiger charge is -2.04. The van der Waals surface area contributed by atoms with E-state index >= 15 is 0 Å². The van der Waals surface area contributed by atoms with Crippen LogP contribution in [0, 0.1) is 5.82 Å². The lowest BCUT2D eigenvalue weighted by atomic mass is 9.79. The maximum atomic E-state index is 13.4. The molecule has 0 radical (unpaired) electrons. The van der Waals surface area contributed by atoms with Crippen molar-refractivity contribution in [3.8, 4) is 0 Å². The van der Waals surface area contributed by atoms with Crippen molar-refractivity contribution in [3.63, 3.8) is 0 Å². The van der Waals surface area contributed by atoms with E-state index in [2.05, 4.69) is 4.98 Å². The zero-order valence-corrected chi connectivity index (χ0v) is 12.5. The molecule has 2 N–H and O–H groups in total. The topological polar surface area (TPSA) is 53.4 Å². The van der Waals surface area contributed by atoms with Crippen LogP contribution >= 0.6 is 23.1 Å². The van der Waals surface area contributed by atoms with Crippen LogP contribution in [0.5, 0.6) is 0 Å². The molecule has 0 saturated heterocycles. The molecule has 3 nitrogen and oxygen atoms in total. The van der Waals surface area contributed by atoms with Crippen LogP contribution in [0.3, 0.4) is 0 Å². The summed E-state index contributed by atoms with van der Waals surface area (Å²) in [4.78, 5) is 4.50. The maximum Gasteiger partial charge on any atom is 0.488 e. The van der Waals surface area contributed by atoms with Gasteiger partial charge < -0.3 is 10.0 Å². The van der Waals surface area contributed by atoms with Gasteiger partial charge in [0, 0.05) is 5.75 Å². The van der Waals surface area contributed by atoms with Crippen molar-refractivity contribution in [3.05, 3.63) is 53.8 Å². The van der Waals surface area contributed by atoms with Crippen molar-refractivity contribution in [2.24, 2.45) is 0 Å². The van der Waals surface area contributed by atoms with Crippen LogP contribution in [0.15, 0.2) is 46.8 Å². The molecular formula is C14H11BFNO2S2. The lowest BCUT2D eigenvalue weighted by Crippen LogP contribution is -2.30. The van der Waals surface area contributed by atoms with Crippen molar-refractivity contribution in [2.45, 2.75) is 10.1 Å². The first-order chi connectivity index (χ1) is 10.1. The highest BCUT2D eigenvalue weighted by Gasteiger charge is 2.13. The van der Waals surface area contributed by atoms with Gasteiger partial charge in [0.05, 0.1) is 10.2 Å². The van der Waals surface area contributed by atoms with Crippen LogP contribution in [0.4, 0.5) is 4.39 Å². The molecule has 3 rings (SSSR count). The number of aromatic nitrogens is 1. The van der Waals surface area contributed by atoms with Crippen LogP contribution in [-0.2, 0) is 5.75 Å². The van der Waals surface area contributed by atoms with Crippen LogP contribution in [0.25, 0.3) is 10.2 Å². The number of para-hydroxylation sites is 1. The normalized spacial score (nSPS) is 11.0. The third-order valence-corrected chi connectivity index (χ3v) is 5.17. The summed E-state index contributed by atoms with van der Waals surface area (Å²) in [5.74, 6) is 0.0533. The predicted molar refractivity (Wildman–Crippen MR) is 85.4 cm³/mol. The summed E-state index contributed by atoms with van der Waals surface area (Å²) in [5, 5.41) is 18.2. The number of nitrogens with zero attached hydrogens (tertiary/aromatic N) is 1. The fraction of sp³-hybridized carbons (Fsp3) is 0.0714. The molecule has 7 heteroatoms. The van der Waals surface area contributed by atoms with Crippen LogP contribution in [0.1, 0.15) is 5.56 Å². The van der Waals surface area contributed by atoms with E-state index in [1.165, 1.54) is 17.8 Å². The summed E-state index contributed by atoms with van der Waals surface area (Å²) in [7, 11) is -1.66. The second kappa shape index (κ2) is 6.15. The summed E-state index contributed by atoms with van der Waals surface area (Å²) < 4.78 is 15.5. The summed E-state index contributed by atoms with van der Waals surface area (Å²) in [6, 6.07) is 12.0. The fourth-order valence-corrected chi connectivity index (χ4v) is 3.96. The van der Waals surface area contributed by atoms with Gasteiger partial charge >= 0.3 is 7.12 Å². The van der Waals surface area contributed by atoms with E-state index in [1.807, 2.05) is 24.3 Å². The minimum Gasteiger partial charge on any atom is -0.423 e. The van der Waals surface area contributed by atoms with Gasteiger partial charge in [0.2, 0.25) is 0 Å².